The van der Waals surface area contributed by atoms with Crippen molar-refractivity contribution in [3.8, 4) is 0 Å². The molecule has 4 heteroatoms. The second kappa shape index (κ2) is 6.73. The van der Waals surface area contributed by atoms with Crippen molar-refractivity contribution < 1.29 is 9.47 Å². The first kappa shape index (κ1) is 14.7. The lowest BCUT2D eigenvalue weighted by molar-refractivity contribution is -0.0834. The number of ether oxygens (including phenoxy) is 2. The van der Waals surface area contributed by atoms with Gasteiger partial charge in [0.1, 0.15) is 0 Å². The van der Waals surface area contributed by atoms with Crippen molar-refractivity contribution in [3.05, 3.63) is 24.5 Å². The minimum atomic E-state index is 0.441. The fourth-order valence-corrected chi connectivity index (χ4v) is 4.58. The van der Waals surface area contributed by atoms with E-state index < -0.39 is 0 Å². The van der Waals surface area contributed by atoms with E-state index >= 15 is 0 Å². The van der Waals surface area contributed by atoms with Gasteiger partial charge in [0.25, 0.3) is 0 Å². The molecule has 1 aliphatic carbocycles. The molecule has 0 amide bonds. The van der Waals surface area contributed by atoms with Gasteiger partial charge in [-0.2, -0.15) is 0 Å². The Morgan fingerprint density at radius 2 is 1.73 bits per heavy atom. The molecule has 3 fully saturated rings. The van der Waals surface area contributed by atoms with Crippen molar-refractivity contribution in [1.29, 1.82) is 0 Å². The van der Waals surface area contributed by atoms with E-state index in [4.69, 9.17) is 9.47 Å². The second-order valence-electron chi connectivity index (χ2n) is 7.17. The van der Waals surface area contributed by atoms with Crippen LogP contribution in [0.4, 0.5) is 0 Å². The Labute approximate surface area is 133 Å². The van der Waals surface area contributed by atoms with E-state index in [1.807, 2.05) is 0 Å². The van der Waals surface area contributed by atoms with Crippen LogP contribution in [0.1, 0.15) is 25.7 Å². The van der Waals surface area contributed by atoms with Crippen LogP contribution in [0.15, 0.2) is 24.5 Å². The monoisotopic (exact) mass is 304 g/mol. The molecule has 2 saturated heterocycles. The van der Waals surface area contributed by atoms with Gasteiger partial charge in [-0.3, -0.25) is 4.90 Å². The summed E-state index contributed by atoms with van der Waals surface area (Å²) in [5.74, 6) is 1.51. The number of rotatable bonds is 4. The molecule has 3 atom stereocenters. The van der Waals surface area contributed by atoms with Crippen LogP contribution in [-0.2, 0) is 16.0 Å². The van der Waals surface area contributed by atoms with Crippen molar-refractivity contribution in [2.75, 3.05) is 32.9 Å². The van der Waals surface area contributed by atoms with E-state index in [9.17, 15) is 0 Å². The number of hydrogen-bond donors (Lipinski definition) is 0. The van der Waals surface area contributed by atoms with Gasteiger partial charge in [-0.15, -0.1) is 0 Å². The van der Waals surface area contributed by atoms with Crippen molar-refractivity contribution in [1.82, 2.24) is 9.47 Å². The van der Waals surface area contributed by atoms with Crippen molar-refractivity contribution in [3.63, 3.8) is 0 Å². The molecule has 4 nitrogen and oxygen atoms in total. The van der Waals surface area contributed by atoms with Gasteiger partial charge in [0.2, 0.25) is 0 Å². The molecule has 0 aromatic carbocycles. The van der Waals surface area contributed by atoms with Crippen molar-refractivity contribution in [2.45, 2.75) is 44.4 Å². The Bertz CT molecular complexity index is 456. The van der Waals surface area contributed by atoms with Gasteiger partial charge in [0, 0.05) is 57.2 Å². The van der Waals surface area contributed by atoms with Crippen LogP contribution < -0.4 is 0 Å². The molecular formula is C18H28N2O2. The smallest absolute Gasteiger partial charge is 0.0775 e. The first-order valence-electron chi connectivity index (χ1n) is 8.94. The van der Waals surface area contributed by atoms with Crippen LogP contribution in [0.2, 0.25) is 0 Å². The number of nitrogens with zero attached hydrogens (tertiary/aromatic N) is 2. The first-order valence-corrected chi connectivity index (χ1v) is 8.94. The Balaban J connectivity index is 1.37. The first-order chi connectivity index (χ1) is 10.9. The van der Waals surface area contributed by atoms with Gasteiger partial charge < -0.3 is 14.0 Å². The predicted molar refractivity (Wildman–Crippen MR) is 85.8 cm³/mol. The maximum atomic E-state index is 6.20. The molecule has 4 rings (SSSR count). The summed E-state index contributed by atoms with van der Waals surface area (Å²) in [6.45, 7) is 6.31. The Kier molecular flexibility index (Phi) is 4.51. The third-order valence-corrected chi connectivity index (χ3v) is 5.78. The zero-order chi connectivity index (χ0) is 14.8. The summed E-state index contributed by atoms with van der Waals surface area (Å²) < 4.78 is 14.0. The molecule has 1 aromatic heterocycles. The molecule has 0 spiro atoms. The van der Waals surface area contributed by atoms with E-state index in [0.29, 0.717) is 18.1 Å². The SMILES string of the molecule is c1ccn(C[C@@H]2CC[C@@H]3[C@@H]2OCCN3CC2CCOCC2)c1. The van der Waals surface area contributed by atoms with E-state index in [2.05, 4.69) is 34.0 Å². The molecule has 122 valence electrons. The Morgan fingerprint density at radius 1 is 0.909 bits per heavy atom. The van der Waals surface area contributed by atoms with Gasteiger partial charge in [-0.25, -0.2) is 0 Å². The fourth-order valence-electron chi connectivity index (χ4n) is 4.58. The summed E-state index contributed by atoms with van der Waals surface area (Å²) in [7, 11) is 0. The van der Waals surface area contributed by atoms with Crippen LogP contribution >= 0.6 is 0 Å². The maximum absolute atomic E-state index is 6.20. The molecule has 0 N–H and O–H groups in total. The van der Waals surface area contributed by atoms with Crippen LogP contribution in [0.5, 0.6) is 0 Å². The highest BCUT2D eigenvalue weighted by atomic mass is 16.5. The lowest BCUT2D eigenvalue weighted by Crippen LogP contribution is -2.52. The van der Waals surface area contributed by atoms with E-state index in [-0.39, 0.29) is 0 Å². The minimum absolute atomic E-state index is 0.441. The van der Waals surface area contributed by atoms with E-state index in [1.165, 1.54) is 32.2 Å². The fraction of sp³-hybridized carbons (Fsp3) is 0.778. The quantitative estimate of drug-likeness (QED) is 0.854. The molecule has 1 aromatic rings. The molecule has 3 aliphatic rings. The van der Waals surface area contributed by atoms with Crippen LogP contribution in [0.3, 0.4) is 0 Å². The average Bonchev–Trinajstić information content (AvgIpc) is 3.20. The van der Waals surface area contributed by atoms with Gasteiger partial charge in [-0.05, 0) is 43.7 Å². The van der Waals surface area contributed by atoms with Crippen molar-refractivity contribution in [2.24, 2.45) is 11.8 Å². The Morgan fingerprint density at radius 3 is 2.55 bits per heavy atom. The highest BCUT2D eigenvalue weighted by Gasteiger charge is 2.42. The number of morpholine rings is 1. The lowest BCUT2D eigenvalue weighted by Gasteiger charge is -2.41. The molecule has 0 unspecified atom stereocenters. The van der Waals surface area contributed by atoms with Crippen molar-refractivity contribution >= 4 is 0 Å². The third kappa shape index (κ3) is 3.10. The lowest BCUT2D eigenvalue weighted by atomic mass is 9.97. The zero-order valence-electron chi connectivity index (χ0n) is 13.4. The zero-order valence-corrected chi connectivity index (χ0v) is 13.4. The van der Waals surface area contributed by atoms with E-state index in [0.717, 1.165) is 38.8 Å². The number of aromatic nitrogens is 1. The molecule has 1 saturated carbocycles. The summed E-state index contributed by atoms with van der Waals surface area (Å²) in [5.41, 5.74) is 0. The maximum Gasteiger partial charge on any atom is 0.0775 e. The predicted octanol–water partition coefficient (Wildman–Crippen LogP) is 2.39. The molecule has 0 bridgehead atoms. The topological polar surface area (TPSA) is 26.6 Å². The highest BCUT2D eigenvalue weighted by Crippen LogP contribution is 2.36. The molecular weight excluding hydrogens is 276 g/mol. The second-order valence-corrected chi connectivity index (χ2v) is 7.17. The number of hydrogen-bond acceptors (Lipinski definition) is 3. The molecule has 0 radical (unpaired) electrons. The van der Waals surface area contributed by atoms with Gasteiger partial charge in [0.15, 0.2) is 0 Å². The van der Waals surface area contributed by atoms with Crippen LogP contribution in [-0.4, -0.2) is 54.5 Å². The molecule has 22 heavy (non-hydrogen) atoms. The summed E-state index contributed by atoms with van der Waals surface area (Å²) in [6, 6.07) is 4.88. The minimum Gasteiger partial charge on any atom is -0.381 e. The van der Waals surface area contributed by atoms with Crippen LogP contribution in [0, 0.1) is 11.8 Å². The summed E-state index contributed by atoms with van der Waals surface area (Å²) in [5, 5.41) is 0. The summed E-state index contributed by atoms with van der Waals surface area (Å²) in [4.78, 5) is 2.74. The molecule has 2 aliphatic heterocycles. The number of fused-ring (bicyclic) bond motifs is 1. The highest BCUT2D eigenvalue weighted by molar-refractivity contribution is 4.97. The molecule has 3 heterocycles. The largest absolute Gasteiger partial charge is 0.381 e. The van der Waals surface area contributed by atoms with E-state index in [1.54, 1.807) is 0 Å². The third-order valence-electron chi connectivity index (χ3n) is 5.78. The normalized spacial score (nSPS) is 33.9. The van der Waals surface area contributed by atoms with Gasteiger partial charge >= 0.3 is 0 Å². The average molecular weight is 304 g/mol. The van der Waals surface area contributed by atoms with Crippen LogP contribution in [0.25, 0.3) is 0 Å². The van der Waals surface area contributed by atoms with Gasteiger partial charge in [0.05, 0.1) is 12.7 Å². The van der Waals surface area contributed by atoms with Gasteiger partial charge in [-0.1, -0.05) is 0 Å². The standard InChI is InChI=1S/C18H28N2O2/c1-2-8-19(7-1)14-16-3-4-17-18(16)22-12-9-20(17)13-15-5-10-21-11-6-15/h1-2,7-8,15-18H,3-6,9-14H2/t16-,17+,18+/m0/s1. The summed E-state index contributed by atoms with van der Waals surface area (Å²) in [6.07, 6.45) is 9.88. The summed E-state index contributed by atoms with van der Waals surface area (Å²) >= 11 is 0. The Hall–Kier alpha value is -0.840.